The SMILES string of the molecule is CCC(C)(C)NC(=O)[C@@H](c1cccc(OC)c1OC)N(Cc1cccs1)C(=O)Cn1nnc2ccccc21. The van der Waals surface area contributed by atoms with Crippen LogP contribution in [0.5, 0.6) is 11.5 Å². The standard InChI is InChI=1S/C28H33N5O4S/c1-6-28(2,3)29-27(35)25(20-12-9-15-23(36-4)26(20)37-5)32(17-19-11-10-16-38-19)24(34)18-33-22-14-8-7-13-21(22)30-31-33/h7-16,25H,6,17-18H2,1-5H3,(H,29,35)/t25-/m1/s1. The van der Waals surface area contributed by atoms with Crippen molar-refractivity contribution >= 4 is 34.2 Å². The maximum atomic E-state index is 14.1. The fourth-order valence-corrected chi connectivity index (χ4v) is 4.92. The molecule has 2 aromatic carbocycles. The first-order chi connectivity index (χ1) is 18.3. The van der Waals surface area contributed by atoms with E-state index in [1.54, 1.807) is 34.9 Å². The number of carbonyl (C=O) groups excluding carboxylic acids is 2. The number of nitrogens with zero attached hydrogens (tertiary/aromatic N) is 4. The number of amides is 2. The monoisotopic (exact) mass is 535 g/mol. The van der Waals surface area contributed by atoms with E-state index in [4.69, 9.17) is 9.47 Å². The van der Waals surface area contributed by atoms with Crippen molar-refractivity contribution in [2.75, 3.05) is 14.2 Å². The van der Waals surface area contributed by atoms with Crippen molar-refractivity contribution in [2.24, 2.45) is 0 Å². The number of para-hydroxylation sites is 2. The van der Waals surface area contributed by atoms with E-state index in [1.165, 1.54) is 18.4 Å². The summed E-state index contributed by atoms with van der Waals surface area (Å²) < 4.78 is 12.8. The molecule has 1 atom stereocenters. The number of rotatable bonds is 11. The summed E-state index contributed by atoms with van der Waals surface area (Å²) in [5.41, 5.74) is 1.48. The molecule has 0 radical (unpaired) electrons. The van der Waals surface area contributed by atoms with Crippen molar-refractivity contribution in [2.45, 2.75) is 51.9 Å². The van der Waals surface area contributed by atoms with Crippen LogP contribution in [0.1, 0.15) is 43.7 Å². The number of methoxy groups -OCH3 is 2. The fourth-order valence-electron chi connectivity index (χ4n) is 4.22. The zero-order chi connectivity index (χ0) is 27.3. The molecular weight excluding hydrogens is 502 g/mol. The van der Waals surface area contributed by atoms with Gasteiger partial charge in [0.15, 0.2) is 11.5 Å². The van der Waals surface area contributed by atoms with Crippen LogP contribution in [0.3, 0.4) is 0 Å². The van der Waals surface area contributed by atoms with Crippen LogP contribution < -0.4 is 14.8 Å². The third-order valence-corrected chi connectivity index (χ3v) is 7.43. The summed E-state index contributed by atoms with van der Waals surface area (Å²) in [6.07, 6.45) is 0.713. The van der Waals surface area contributed by atoms with Crippen LogP contribution >= 0.6 is 11.3 Å². The molecule has 4 rings (SSSR count). The van der Waals surface area contributed by atoms with Gasteiger partial charge in [0.25, 0.3) is 0 Å². The molecule has 0 unspecified atom stereocenters. The number of hydrogen-bond acceptors (Lipinski definition) is 7. The van der Waals surface area contributed by atoms with Crippen molar-refractivity contribution in [1.82, 2.24) is 25.2 Å². The molecule has 2 aromatic heterocycles. The van der Waals surface area contributed by atoms with Crippen LogP contribution in [0.4, 0.5) is 0 Å². The van der Waals surface area contributed by atoms with Gasteiger partial charge in [0.1, 0.15) is 18.1 Å². The average molecular weight is 536 g/mol. The summed E-state index contributed by atoms with van der Waals surface area (Å²) >= 11 is 1.52. The molecule has 0 bridgehead atoms. The molecule has 10 heteroatoms. The Bertz CT molecular complexity index is 1400. The van der Waals surface area contributed by atoms with Gasteiger partial charge in [-0.2, -0.15) is 0 Å². The largest absolute Gasteiger partial charge is 0.493 e. The molecule has 0 spiro atoms. The zero-order valence-electron chi connectivity index (χ0n) is 22.3. The summed E-state index contributed by atoms with van der Waals surface area (Å²) in [5.74, 6) is 0.285. The third kappa shape index (κ3) is 5.80. The summed E-state index contributed by atoms with van der Waals surface area (Å²) in [4.78, 5) is 30.6. The van der Waals surface area contributed by atoms with Crippen molar-refractivity contribution < 1.29 is 19.1 Å². The quantitative estimate of drug-likeness (QED) is 0.302. The van der Waals surface area contributed by atoms with Crippen LogP contribution in [0.15, 0.2) is 60.0 Å². The van der Waals surface area contributed by atoms with Gasteiger partial charge in [0.05, 0.1) is 26.3 Å². The van der Waals surface area contributed by atoms with Gasteiger partial charge in [-0.3, -0.25) is 9.59 Å². The lowest BCUT2D eigenvalue weighted by Gasteiger charge is -2.35. The number of carbonyl (C=O) groups is 2. The second-order valence-corrected chi connectivity index (χ2v) is 10.6. The van der Waals surface area contributed by atoms with E-state index < -0.39 is 11.6 Å². The Morgan fingerprint density at radius 3 is 2.55 bits per heavy atom. The zero-order valence-corrected chi connectivity index (χ0v) is 23.1. The molecule has 0 aliphatic rings. The molecule has 9 nitrogen and oxygen atoms in total. The minimum absolute atomic E-state index is 0.0842. The third-order valence-electron chi connectivity index (χ3n) is 6.57. The molecule has 0 fully saturated rings. The molecule has 4 aromatic rings. The Morgan fingerprint density at radius 1 is 1.08 bits per heavy atom. The predicted octanol–water partition coefficient (Wildman–Crippen LogP) is 4.58. The summed E-state index contributed by atoms with van der Waals surface area (Å²) in [5, 5.41) is 13.5. The lowest BCUT2D eigenvalue weighted by atomic mass is 9.97. The van der Waals surface area contributed by atoms with Crippen molar-refractivity contribution in [3.8, 4) is 11.5 Å². The fraction of sp³-hybridized carbons (Fsp3) is 0.357. The number of aromatic nitrogens is 3. The van der Waals surface area contributed by atoms with E-state index in [2.05, 4.69) is 15.6 Å². The molecule has 0 saturated carbocycles. The average Bonchev–Trinajstić information content (AvgIpc) is 3.58. The lowest BCUT2D eigenvalue weighted by Crippen LogP contribution is -2.50. The molecule has 2 heterocycles. The minimum atomic E-state index is -0.990. The van der Waals surface area contributed by atoms with Gasteiger partial charge >= 0.3 is 0 Å². The van der Waals surface area contributed by atoms with Crippen LogP contribution in [0, 0.1) is 0 Å². The Kier molecular flexibility index (Phi) is 8.31. The van der Waals surface area contributed by atoms with E-state index in [0.29, 0.717) is 29.0 Å². The first-order valence-corrected chi connectivity index (χ1v) is 13.3. The Morgan fingerprint density at radius 2 is 1.87 bits per heavy atom. The molecule has 0 aliphatic carbocycles. The molecule has 1 N–H and O–H groups in total. The van der Waals surface area contributed by atoms with Crippen LogP contribution in [0.2, 0.25) is 0 Å². The number of hydrogen-bond donors (Lipinski definition) is 1. The first-order valence-electron chi connectivity index (χ1n) is 12.4. The summed E-state index contributed by atoms with van der Waals surface area (Å²) in [6, 6.07) is 15.7. The van der Waals surface area contributed by atoms with E-state index in [1.807, 2.05) is 62.5 Å². The van der Waals surface area contributed by atoms with Gasteiger partial charge in [-0.25, -0.2) is 4.68 Å². The first kappa shape index (κ1) is 27.1. The Balaban J connectivity index is 1.82. The van der Waals surface area contributed by atoms with Gasteiger partial charge in [-0.1, -0.05) is 42.5 Å². The smallest absolute Gasteiger partial charge is 0.248 e. The number of nitrogens with one attached hydrogen (secondary N) is 1. The van der Waals surface area contributed by atoms with Crippen molar-refractivity contribution in [3.63, 3.8) is 0 Å². The highest BCUT2D eigenvalue weighted by molar-refractivity contribution is 7.09. The second-order valence-electron chi connectivity index (χ2n) is 9.55. The van der Waals surface area contributed by atoms with Crippen molar-refractivity contribution in [3.05, 3.63) is 70.4 Å². The molecule has 0 saturated heterocycles. The van der Waals surface area contributed by atoms with Crippen LogP contribution in [-0.2, 0) is 22.7 Å². The molecular formula is C28H33N5O4S. The second kappa shape index (κ2) is 11.6. The minimum Gasteiger partial charge on any atom is -0.493 e. The molecule has 200 valence electrons. The maximum absolute atomic E-state index is 14.1. The van der Waals surface area contributed by atoms with E-state index in [-0.39, 0.29) is 24.9 Å². The number of thiophene rings is 1. The predicted molar refractivity (Wildman–Crippen MR) is 147 cm³/mol. The molecule has 2 amide bonds. The molecule has 0 aliphatic heterocycles. The number of benzene rings is 2. The summed E-state index contributed by atoms with van der Waals surface area (Å²) in [7, 11) is 3.07. The highest BCUT2D eigenvalue weighted by Crippen LogP contribution is 2.38. The lowest BCUT2D eigenvalue weighted by molar-refractivity contribution is -0.143. The van der Waals surface area contributed by atoms with Gasteiger partial charge in [-0.05, 0) is 49.9 Å². The van der Waals surface area contributed by atoms with Gasteiger partial charge < -0.3 is 19.7 Å². The highest BCUT2D eigenvalue weighted by Gasteiger charge is 2.37. The van der Waals surface area contributed by atoms with Crippen LogP contribution in [0.25, 0.3) is 11.0 Å². The normalized spacial score (nSPS) is 12.2. The Hall–Kier alpha value is -3.92. The highest BCUT2D eigenvalue weighted by atomic mass is 32.1. The van der Waals surface area contributed by atoms with Gasteiger partial charge in [0, 0.05) is 16.0 Å². The van der Waals surface area contributed by atoms with E-state index in [0.717, 1.165) is 10.4 Å². The van der Waals surface area contributed by atoms with Gasteiger partial charge in [-0.15, -0.1) is 16.4 Å². The van der Waals surface area contributed by atoms with Crippen molar-refractivity contribution in [1.29, 1.82) is 0 Å². The van der Waals surface area contributed by atoms with Gasteiger partial charge in [0.2, 0.25) is 11.8 Å². The van der Waals surface area contributed by atoms with Crippen LogP contribution in [-0.4, -0.2) is 51.5 Å². The number of ether oxygens (including phenoxy) is 2. The maximum Gasteiger partial charge on any atom is 0.248 e. The summed E-state index contributed by atoms with van der Waals surface area (Å²) in [6.45, 7) is 6.06. The molecule has 38 heavy (non-hydrogen) atoms. The number of fused-ring (bicyclic) bond motifs is 1. The van der Waals surface area contributed by atoms with E-state index >= 15 is 0 Å². The Labute approximate surface area is 226 Å². The van der Waals surface area contributed by atoms with E-state index in [9.17, 15) is 9.59 Å². The topological polar surface area (TPSA) is 98.6 Å².